The molecule has 7 heteroatoms. The molecule has 0 unspecified atom stereocenters. The minimum Gasteiger partial charge on any atom is -0.449 e. The third-order valence-corrected chi connectivity index (χ3v) is 4.27. The molecular formula is C20H14ClN3O3. The van der Waals surface area contributed by atoms with Crippen LogP contribution in [0.15, 0.2) is 65.5 Å². The second-order valence-corrected chi connectivity index (χ2v) is 6.21. The van der Waals surface area contributed by atoms with E-state index in [0.29, 0.717) is 27.9 Å². The molecule has 0 atom stereocenters. The molecule has 2 heterocycles. The zero-order chi connectivity index (χ0) is 18.8. The van der Waals surface area contributed by atoms with E-state index in [1.165, 1.54) is 12.4 Å². The Morgan fingerprint density at radius 2 is 2.04 bits per heavy atom. The van der Waals surface area contributed by atoms with Crippen molar-refractivity contribution in [2.24, 2.45) is 0 Å². The normalized spacial score (nSPS) is 10.7. The van der Waals surface area contributed by atoms with E-state index in [1.54, 1.807) is 36.5 Å². The Morgan fingerprint density at radius 3 is 2.81 bits per heavy atom. The van der Waals surface area contributed by atoms with Gasteiger partial charge >= 0.3 is 0 Å². The van der Waals surface area contributed by atoms with E-state index in [9.17, 15) is 4.79 Å². The van der Waals surface area contributed by atoms with Crippen molar-refractivity contribution in [3.05, 3.63) is 77.4 Å². The first kappa shape index (κ1) is 17.1. The summed E-state index contributed by atoms with van der Waals surface area (Å²) in [7, 11) is 0. The van der Waals surface area contributed by atoms with E-state index in [0.717, 1.165) is 10.9 Å². The standard InChI is InChI=1S/C20H14ClN3O3/c1-12-15-6-3-7-16(21)19(15)27-18(12)20(25)24-13-4-2-5-14(10-13)26-17-11-22-8-9-23-17/h2-11H,1H3,(H,24,25). The van der Waals surface area contributed by atoms with Crippen molar-refractivity contribution in [2.45, 2.75) is 6.92 Å². The van der Waals surface area contributed by atoms with E-state index in [-0.39, 0.29) is 11.7 Å². The molecule has 2 aromatic heterocycles. The highest BCUT2D eigenvalue weighted by molar-refractivity contribution is 6.35. The Labute approximate surface area is 159 Å². The molecule has 2 aromatic carbocycles. The van der Waals surface area contributed by atoms with Gasteiger partial charge in [0.25, 0.3) is 5.91 Å². The largest absolute Gasteiger partial charge is 0.449 e. The van der Waals surface area contributed by atoms with Crippen molar-refractivity contribution in [1.29, 1.82) is 0 Å². The second kappa shape index (κ2) is 7.09. The predicted octanol–water partition coefficient (Wildman–Crippen LogP) is 5.23. The van der Waals surface area contributed by atoms with Crippen molar-refractivity contribution >= 4 is 34.2 Å². The van der Waals surface area contributed by atoms with Gasteiger partial charge in [0.2, 0.25) is 5.88 Å². The summed E-state index contributed by atoms with van der Waals surface area (Å²) >= 11 is 6.15. The summed E-state index contributed by atoms with van der Waals surface area (Å²) in [5.41, 5.74) is 1.80. The lowest BCUT2D eigenvalue weighted by Crippen LogP contribution is -2.12. The summed E-state index contributed by atoms with van der Waals surface area (Å²) in [5, 5.41) is 4.09. The lowest BCUT2D eigenvalue weighted by molar-refractivity contribution is 0.0998. The number of rotatable bonds is 4. The van der Waals surface area contributed by atoms with Crippen LogP contribution >= 0.6 is 11.6 Å². The maximum atomic E-state index is 12.7. The van der Waals surface area contributed by atoms with Gasteiger partial charge in [0, 0.05) is 35.1 Å². The van der Waals surface area contributed by atoms with Gasteiger partial charge in [0.1, 0.15) is 5.75 Å². The number of furan rings is 1. The maximum Gasteiger partial charge on any atom is 0.291 e. The summed E-state index contributed by atoms with van der Waals surface area (Å²) in [5.74, 6) is 0.746. The van der Waals surface area contributed by atoms with Gasteiger partial charge in [0.05, 0.1) is 11.2 Å². The summed E-state index contributed by atoms with van der Waals surface area (Å²) in [6.45, 7) is 1.82. The number of carbonyl (C=O) groups is 1. The van der Waals surface area contributed by atoms with Gasteiger partial charge in [-0.05, 0) is 25.1 Å². The van der Waals surface area contributed by atoms with E-state index < -0.39 is 0 Å². The smallest absolute Gasteiger partial charge is 0.291 e. The molecule has 0 aliphatic heterocycles. The lowest BCUT2D eigenvalue weighted by atomic mass is 10.1. The zero-order valence-electron chi connectivity index (χ0n) is 14.3. The minimum atomic E-state index is -0.364. The quantitative estimate of drug-likeness (QED) is 0.525. The van der Waals surface area contributed by atoms with E-state index >= 15 is 0 Å². The summed E-state index contributed by atoms with van der Waals surface area (Å²) in [4.78, 5) is 20.7. The van der Waals surface area contributed by atoms with Crippen LogP contribution in [0.1, 0.15) is 16.1 Å². The van der Waals surface area contributed by atoms with E-state index in [1.807, 2.05) is 19.1 Å². The fourth-order valence-corrected chi connectivity index (χ4v) is 2.92. The van der Waals surface area contributed by atoms with Crippen molar-refractivity contribution in [2.75, 3.05) is 5.32 Å². The molecule has 27 heavy (non-hydrogen) atoms. The molecule has 6 nitrogen and oxygen atoms in total. The Kier molecular flexibility index (Phi) is 4.48. The van der Waals surface area contributed by atoms with Crippen molar-refractivity contribution in [3.63, 3.8) is 0 Å². The first-order valence-electron chi connectivity index (χ1n) is 8.15. The lowest BCUT2D eigenvalue weighted by Gasteiger charge is -2.07. The highest BCUT2D eigenvalue weighted by Crippen LogP contribution is 2.31. The number of anilines is 1. The number of fused-ring (bicyclic) bond motifs is 1. The van der Waals surface area contributed by atoms with Gasteiger partial charge in [0.15, 0.2) is 11.3 Å². The SMILES string of the molecule is Cc1c(C(=O)Nc2cccc(Oc3cnccn3)c2)oc2c(Cl)cccc12. The van der Waals surface area contributed by atoms with Gasteiger partial charge < -0.3 is 14.5 Å². The molecular weight excluding hydrogens is 366 g/mol. The average Bonchev–Trinajstić information content (AvgIpc) is 3.01. The molecule has 0 saturated carbocycles. The minimum absolute atomic E-state index is 0.221. The van der Waals surface area contributed by atoms with E-state index in [2.05, 4.69) is 15.3 Å². The van der Waals surface area contributed by atoms with Gasteiger partial charge in [-0.1, -0.05) is 29.8 Å². The Hall–Kier alpha value is -3.38. The topological polar surface area (TPSA) is 77.2 Å². The fraction of sp³-hybridized carbons (Fsp3) is 0.0500. The third kappa shape index (κ3) is 3.47. The van der Waals surface area contributed by atoms with Crippen molar-refractivity contribution in [1.82, 2.24) is 9.97 Å². The number of nitrogens with one attached hydrogen (secondary N) is 1. The number of para-hydroxylation sites is 1. The number of amides is 1. The number of nitrogens with zero attached hydrogens (tertiary/aromatic N) is 2. The molecule has 4 aromatic rings. The molecule has 4 rings (SSSR count). The third-order valence-electron chi connectivity index (χ3n) is 3.98. The van der Waals surface area contributed by atoms with Gasteiger partial charge in [-0.25, -0.2) is 4.98 Å². The first-order valence-corrected chi connectivity index (χ1v) is 8.52. The zero-order valence-corrected chi connectivity index (χ0v) is 15.0. The molecule has 0 aliphatic carbocycles. The van der Waals surface area contributed by atoms with Crippen molar-refractivity contribution < 1.29 is 13.9 Å². The summed E-state index contributed by atoms with van der Waals surface area (Å²) < 4.78 is 11.3. The van der Waals surface area contributed by atoms with Crippen molar-refractivity contribution in [3.8, 4) is 11.6 Å². The molecule has 134 valence electrons. The van der Waals surface area contributed by atoms with Crippen LogP contribution in [0.25, 0.3) is 11.0 Å². The maximum absolute atomic E-state index is 12.7. The highest BCUT2D eigenvalue weighted by Gasteiger charge is 2.19. The van der Waals surface area contributed by atoms with Crippen LogP contribution in [0.3, 0.4) is 0 Å². The second-order valence-electron chi connectivity index (χ2n) is 5.80. The number of halogens is 1. The number of benzene rings is 2. The summed E-state index contributed by atoms with van der Waals surface area (Å²) in [6.07, 6.45) is 4.61. The van der Waals surface area contributed by atoms with Crippen LogP contribution in [-0.4, -0.2) is 15.9 Å². The predicted molar refractivity (Wildman–Crippen MR) is 102 cm³/mol. The van der Waals surface area contributed by atoms with Crippen LogP contribution in [0.4, 0.5) is 5.69 Å². The Morgan fingerprint density at radius 1 is 1.19 bits per heavy atom. The van der Waals surface area contributed by atoms with Crippen LogP contribution in [0, 0.1) is 6.92 Å². The average molecular weight is 380 g/mol. The number of ether oxygens (including phenoxy) is 1. The van der Waals surface area contributed by atoms with Gasteiger partial charge in [-0.3, -0.25) is 9.78 Å². The molecule has 0 fully saturated rings. The Bertz CT molecular complexity index is 1130. The molecule has 0 saturated heterocycles. The van der Waals surface area contributed by atoms with Crippen LogP contribution < -0.4 is 10.1 Å². The fourth-order valence-electron chi connectivity index (χ4n) is 2.71. The van der Waals surface area contributed by atoms with Gasteiger partial charge in [-0.2, -0.15) is 0 Å². The molecule has 0 bridgehead atoms. The molecule has 0 radical (unpaired) electrons. The van der Waals surface area contributed by atoms with Crippen LogP contribution in [0.5, 0.6) is 11.6 Å². The Balaban J connectivity index is 1.57. The van der Waals surface area contributed by atoms with Crippen LogP contribution in [0.2, 0.25) is 5.02 Å². The van der Waals surface area contributed by atoms with Crippen LogP contribution in [-0.2, 0) is 0 Å². The number of hydrogen-bond acceptors (Lipinski definition) is 5. The molecule has 0 spiro atoms. The van der Waals surface area contributed by atoms with E-state index in [4.69, 9.17) is 20.8 Å². The first-order chi connectivity index (χ1) is 13.1. The molecule has 1 N–H and O–H groups in total. The number of aromatic nitrogens is 2. The monoisotopic (exact) mass is 379 g/mol. The highest BCUT2D eigenvalue weighted by atomic mass is 35.5. The van der Waals surface area contributed by atoms with Gasteiger partial charge in [-0.15, -0.1) is 0 Å². The molecule has 0 aliphatic rings. The number of carbonyl (C=O) groups excluding carboxylic acids is 1. The number of aryl methyl sites for hydroxylation is 1. The number of hydrogen-bond donors (Lipinski definition) is 1. The summed E-state index contributed by atoms with van der Waals surface area (Å²) in [6, 6.07) is 12.4. The molecule has 1 amide bonds.